The van der Waals surface area contributed by atoms with Crippen LogP contribution in [0.3, 0.4) is 0 Å². The Morgan fingerprint density at radius 2 is 1.77 bits per heavy atom. The molecule has 22 heavy (non-hydrogen) atoms. The van der Waals surface area contributed by atoms with Crippen molar-refractivity contribution in [1.82, 2.24) is 0 Å². The number of ether oxygens (including phenoxy) is 1. The van der Waals surface area contributed by atoms with Crippen LogP contribution < -0.4 is 10.1 Å². The lowest BCUT2D eigenvalue weighted by molar-refractivity contribution is 0.299. The van der Waals surface area contributed by atoms with Gasteiger partial charge in [-0.1, -0.05) is 24.3 Å². The zero-order valence-corrected chi connectivity index (χ0v) is 12.7. The van der Waals surface area contributed by atoms with E-state index in [2.05, 4.69) is 23.5 Å². The Morgan fingerprint density at radius 3 is 2.36 bits per heavy atom. The summed E-state index contributed by atoms with van der Waals surface area (Å²) in [4.78, 5) is 0. The summed E-state index contributed by atoms with van der Waals surface area (Å²) in [6, 6.07) is 15.8. The van der Waals surface area contributed by atoms with Crippen LogP contribution in [0.15, 0.2) is 42.5 Å². The molecule has 0 saturated carbocycles. The number of anilines is 1. The minimum Gasteiger partial charge on any atom is -0.497 e. The van der Waals surface area contributed by atoms with Crippen molar-refractivity contribution in [3.8, 4) is 11.8 Å². The van der Waals surface area contributed by atoms with E-state index in [0.29, 0.717) is 17.7 Å². The van der Waals surface area contributed by atoms with Crippen LogP contribution >= 0.6 is 0 Å². The molecule has 2 aromatic rings. The number of rotatable bonds is 7. The van der Waals surface area contributed by atoms with Gasteiger partial charge in [0, 0.05) is 24.9 Å². The van der Waals surface area contributed by atoms with Crippen molar-refractivity contribution in [3.63, 3.8) is 0 Å². The molecule has 114 valence electrons. The van der Waals surface area contributed by atoms with Crippen LogP contribution in [0, 0.1) is 11.3 Å². The molecule has 0 bridgehead atoms. The van der Waals surface area contributed by atoms with E-state index in [1.54, 1.807) is 13.2 Å². The standard InChI is InChI=1S/C18H20N2O2/c1-22-18-11-16(13-19)10-17(12-18)20-8-6-14-2-4-15(5-3-14)7-9-21/h2-5,10-12,20-21H,6-9H2,1H3. The summed E-state index contributed by atoms with van der Waals surface area (Å²) in [6.45, 7) is 0.954. The first-order chi connectivity index (χ1) is 10.7. The Bertz CT molecular complexity index is 645. The SMILES string of the molecule is COc1cc(C#N)cc(NCCc2ccc(CCO)cc2)c1. The summed E-state index contributed by atoms with van der Waals surface area (Å²) in [5.74, 6) is 0.676. The highest BCUT2D eigenvalue weighted by Gasteiger charge is 2.01. The number of hydrogen-bond donors (Lipinski definition) is 2. The summed E-state index contributed by atoms with van der Waals surface area (Å²) in [7, 11) is 1.59. The number of nitrogens with zero attached hydrogens (tertiary/aromatic N) is 1. The monoisotopic (exact) mass is 296 g/mol. The normalized spacial score (nSPS) is 10.0. The van der Waals surface area contributed by atoms with Crippen molar-refractivity contribution >= 4 is 5.69 Å². The summed E-state index contributed by atoms with van der Waals surface area (Å²) in [5, 5.41) is 21.2. The van der Waals surface area contributed by atoms with Gasteiger partial charge < -0.3 is 15.2 Å². The quantitative estimate of drug-likeness (QED) is 0.824. The van der Waals surface area contributed by atoms with Gasteiger partial charge in [-0.2, -0.15) is 5.26 Å². The van der Waals surface area contributed by atoms with Crippen LogP contribution in [0.4, 0.5) is 5.69 Å². The Hall–Kier alpha value is -2.51. The highest BCUT2D eigenvalue weighted by molar-refractivity contribution is 5.54. The maximum absolute atomic E-state index is 9.00. The maximum Gasteiger partial charge on any atom is 0.122 e. The number of nitriles is 1. The third kappa shape index (κ3) is 4.51. The van der Waals surface area contributed by atoms with Crippen molar-refractivity contribution in [2.75, 3.05) is 25.6 Å². The largest absolute Gasteiger partial charge is 0.497 e. The third-order valence-corrected chi connectivity index (χ3v) is 3.44. The number of aliphatic hydroxyl groups is 1. The van der Waals surface area contributed by atoms with E-state index >= 15 is 0 Å². The summed E-state index contributed by atoms with van der Waals surface area (Å²) in [6.07, 6.45) is 1.58. The summed E-state index contributed by atoms with van der Waals surface area (Å²) < 4.78 is 5.19. The predicted molar refractivity (Wildman–Crippen MR) is 87.1 cm³/mol. The fourth-order valence-electron chi connectivity index (χ4n) is 2.24. The minimum atomic E-state index is 0.179. The molecule has 0 aliphatic rings. The molecular formula is C18H20N2O2. The van der Waals surface area contributed by atoms with Crippen LogP contribution in [-0.2, 0) is 12.8 Å². The smallest absolute Gasteiger partial charge is 0.122 e. The molecule has 0 amide bonds. The minimum absolute atomic E-state index is 0.179. The summed E-state index contributed by atoms with van der Waals surface area (Å²) >= 11 is 0. The second-order valence-electron chi connectivity index (χ2n) is 5.03. The van der Waals surface area contributed by atoms with E-state index in [9.17, 15) is 0 Å². The van der Waals surface area contributed by atoms with Crippen LogP contribution in [0.25, 0.3) is 0 Å². The Balaban J connectivity index is 1.92. The molecule has 0 heterocycles. The fourth-order valence-corrected chi connectivity index (χ4v) is 2.24. The molecule has 2 N–H and O–H groups in total. The molecule has 2 rings (SSSR count). The van der Waals surface area contributed by atoms with E-state index in [-0.39, 0.29) is 6.61 Å². The van der Waals surface area contributed by atoms with Gasteiger partial charge in [0.05, 0.1) is 18.7 Å². The van der Waals surface area contributed by atoms with Crippen LogP contribution in [0.5, 0.6) is 5.75 Å². The molecule has 0 radical (unpaired) electrons. The van der Waals surface area contributed by atoms with Crippen molar-refractivity contribution in [2.24, 2.45) is 0 Å². The van der Waals surface area contributed by atoms with Gasteiger partial charge in [-0.15, -0.1) is 0 Å². The first-order valence-electron chi connectivity index (χ1n) is 7.27. The van der Waals surface area contributed by atoms with Crippen LogP contribution in [0.1, 0.15) is 16.7 Å². The molecule has 0 unspecified atom stereocenters. The fraction of sp³-hybridized carbons (Fsp3) is 0.278. The highest BCUT2D eigenvalue weighted by Crippen LogP contribution is 2.20. The lowest BCUT2D eigenvalue weighted by Gasteiger charge is -2.09. The number of methoxy groups -OCH3 is 1. The third-order valence-electron chi connectivity index (χ3n) is 3.44. The highest BCUT2D eigenvalue weighted by atomic mass is 16.5. The van der Waals surface area contributed by atoms with Crippen molar-refractivity contribution < 1.29 is 9.84 Å². The Kier molecular flexibility index (Phi) is 5.81. The second kappa shape index (κ2) is 8.06. The van der Waals surface area contributed by atoms with Gasteiger partial charge >= 0.3 is 0 Å². The van der Waals surface area contributed by atoms with E-state index in [1.807, 2.05) is 24.3 Å². The molecule has 2 aromatic carbocycles. The van der Waals surface area contributed by atoms with Gasteiger partial charge in [-0.05, 0) is 36.1 Å². The maximum atomic E-state index is 9.00. The molecule has 0 aliphatic heterocycles. The second-order valence-corrected chi connectivity index (χ2v) is 5.03. The van der Waals surface area contributed by atoms with E-state index in [4.69, 9.17) is 15.1 Å². The Labute approximate surface area is 131 Å². The molecular weight excluding hydrogens is 276 g/mol. The van der Waals surface area contributed by atoms with Crippen molar-refractivity contribution in [2.45, 2.75) is 12.8 Å². The Morgan fingerprint density at radius 1 is 1.09 bits per heavy atom. The van der Waals surface area contributed by atoms with Gasteiger partial charge in [0.15, 0.2) is 0 Å². The van der Waals surface area contributed by atoms with Crippen LogP contribution in [0.2, 0.25) is 0 Å². The zero-order chi connectivity index (χ0) is 15.8. The average molecular weight is 296 g/mol. The number of benzene rings is 2. The van der Waals surface area contributed by atoms with Crippen molar-refractivity contribution in [3.05, 3.63) is 59.2 Å². The molecule has 4 heteroatoms. The first kappa shape index (κ1) is 15.9. The molecule has 0 saturated heterocycles. The number of hydrogen-bond acceptors (Lipinski definition) is 4. The molecule has 0 atom stereocenters. The molecule has 0 fully saturated rings. The predicted octanol–water partition coefficient (Wildman–Crippen LogP) is 2.76. The molecule has 4 nitrogen and oxygen atoms in total. The van der Waals surface area contributed by atoms with Gasteiger partial charge in [-0.25, -0.2) is 0 Å². The van der Waals surface area contributed by atoms with E-state index in [0.717, 1.165) is 24.2 Å². The topological polar surface area (TPSA) is 65.3 Å². The average Bonchev–Trinajstić information content (AvgIpc) is 2.56. The lowest BCUT2D eigenvalue weighted by atomic mass is 10.1. The number of nitrogens with one attached hydrogen (secondary N) is 1. The van der Waals surface area contributed by atoms with Gasteiger partial charge in [-0.3, -0.25) is 0 Å². The lowest BCUT2D eigenvalue weighted by Crippen LogP contribution is -2.05. The number of aliphatic hydroxyl groups excluding tert-OH is 1. The molecule has 0 spiro atoms. The van der Waals surface area contributed by atoms with Gasteiger partial charge in [0.25, 0.3) is 0 Å². The van der Waals surface area contributed by atoms with E-state index in [1.165, 1.54) is 5.56 Å². The van der Waals surface area contributed by atoms with Crippen LogP contribution in [-0.4, -0.2) is 25.4 Å². The van der Waals surface area contributed by atoms with E-state index < -0.39 is 0 Å². The van der Waals surface area contributed by atoms with Gasteiger partial charge in [0.2, 0.25) is 0 Å². The van der Waals surface area contributed by atoms with Gasteiger partial charge in [0.1, 0.15) is 5.75 Å². The summed E-state index contributed by atoms with van der Waals surface area (Å²) in [5.41, 5.74) is 3.84. The van der Waals surface area contributed by atoms with Crippen molar-refractivity contribution in [1.29, 1.82) is 5.26 Å². The first-order valence-corrected chi connectivity index (χ1v) is 7.27. The molecule has 0 aromatic heterocycles. The molecule has 0 aliphatic carbocycles. The zero-order valence-electron chi connectivity index (χ0n) is 12.7.